The fourth-order valence-electron chi connectivity index (χ4n) is 2.65. The Labute approximate surface area is 142 Å². The average Bonchev–Trinajstić information content (AvgIpc) is 3.03. The molecule has 1 atom stereocenters. The number of likely N-dealkylation sites (tertiary alicyclic amines) is 1. The summed E-state index contributed by atoms with van der Waals surface area (Å²) in [5, 5.41) is 4.45. The van der Waals surface area contributed by atoms with Crippen LogP contribution in [0.3, 0.4) is 0 Å². The van der Waals surface area contributed by atoms with Crippen molar-refractivity contribution in [1.82, 2.24) is 15.5 Å². The molecule has 0 bridgehead atoms. The highest BCUT2D eigenvalue weighted by Gasteiger charge is 2.36. The van der Waals surface area contributed by atoms with E-state index in [0.717, 1.165) is 5.56 Å². The van der Waals surface area contributed by atoms with E-state index >= 15 is 0 Å². The van der Waals surface area contributed by atoms with Gasteiger partial charge in [0.1, 0.15) is 18.4 Å². The molecule has 3 amide bonds. The molecule has 0 aromatic heterocycles. The fourth-order valence-corrected chi connectivity index (χ4v) is 2.65. The second kappa shape index (κ2) is 8.17. The zero-order valence-corrected chi connectivity index (χ0v) is 13.4. The topological polar surface area (TPSA) is 61.4 Å². The first kappa shape index (κ1) is 19.0. The normalized spacial score (nSPS) is 17.4. The molecule has 0 spiro atoms. The largest absolute Gasteiger partial charge is 0.405 e. The van der Waals surface area contributed by atoms with Crippen LogP contribution in [0.5, 0.6) is 0 Å². The number of urea groups is 1. The van der Waals surface area contributed by atoms with Crippen molar-refractivity contribution in [2.24, 2.45) is 0 Å². The monoisotopic (exact) mass is 361 g/mol. The van der Waals surface area contributed by atoms with Gasteiger partial charge in [-0.25, -0.2) is 9.18 Å². The maximum absolute atomic E-state index is 12.8. The Morgan fingerprint density at radius 1 is 1.16 bits per heavy atom. The van der Waals surface area contributed by atoms with Gasteiger partial charge in [-0.15, -0.1) is 0 Å². The van der Waals surface area contributed by atoms with Gasteiger partial charge in [-0.3, -0.25) is 4.79 Å². The number of benzene rings is 1. The van der Waals surface area contributed by atoms with Gasteiger partial charge in [0.25, 0.3) is 0 Å². The quantitative estimate of drug-likeness (QED) is 0.790. The molecule has 0 radical (unpaired) electrons. The van der Waals surface area contributed by atoms with Crippen molar-refractivity contribution in [1.29, 1.82) is 0 Å². The number of rotatable bonds is 5. The Morgan fingerprint density at radius 2 is 1.84 bits per heavy atom. The molecule has 2 rings (SSSR count). The van der Waals surface area contributed by atoms with Gasteiger partial charge in [-0.2, -0.15) is 13.2 Å². The van der Waals surface area contributed by atoms with Crippen LogP contribution in [0.1, 0.15) is 18.4 Å². The molecular weight excluding hydrogens is 342 g/mol. The highest BCUT2D eigenvalue weighted by atomic mass is 19.4. The van der Waals surface area contributed by atoms with Crippen molar-refractivity contribution in [3.05, 3.63) is 35.6 Å². The van der Waals surface area contributed by atoms with Crippen LogP contribution < -0.4 is 10.6 Å². The van der Waals surface area contributed by atoms with Gasteiger partial charge in [0.15, 0.2) is 0 Å². The predicted octanol–water partition coefficient (Wildman–Crippen LogP) is 2.22. The summed E-state index contributed by atoms with van der Waals surface area (Å²) in [7, 11) is 0. The van der Waals surface area contributed by atoms with Crippen LogP contribution in [-0.4, -0.2) is 48.7 Å². The van der Waals surface area contributed by atoms with E-state index in [-0.39, 0.29) is 12.4 Å². The first-order chi connectivity index (χ1) is 11.8. The lowest BCUT2D eigenvalue weighted by molar-refractivity contribution is -0.140. The molecule has 1 heterocycles. The third kappa shape index (κ3) is 5.91. The maximum Gasteiger partial charge on any atom is 0.405 e. The molecule has 1 fully saturated rings. The standard InChI is InChI=1S/C16H19F4N3O2/c17-12-5-3-11(4-6-12)7-8-21-15(25)23-9-1-2-13(23)14(24)22-10-16(18,19)20/h3-6,13H,1-2,7-10H2,(H,21,25)(H,22,24)/t13-/m0/s1. The number of alkyl halides is 3. The molecule has 1 aliphatic heterocycles. The Bertz CT molecular complexity index is 604. The van der Waals surface area contributed by atoms with Crippen LogP contribution in [-0.2, 0) is 11.2 Å². The summed E-state index contributed by atoms with van der Waals surface area (Å²) < 4.78 is 49.4. The van der Waals surface area contributed by atoms with Crippen LogP contribution in [0.4, 0.5) is 22.4 Å². The Morgan fingerprint density at radius 3 is 2.48 bits per heavy atom. The van der Waals surface area contributed by atoms with Crippen LogP contribution in [0, 0.1) is 5.82 Å². The average molecular weight is 361 g/mol. The summed E-state index contributed by atoms with van der Waals surface area (Å²) in [6.07, 6.45) is -3.13. The van der Waals surface area contributed by atoms with Crippen LogP contribution in [0.2, 0.25) is 0 Å². The Hall–Kier alpha value is -2.32. The van der Waals surface area contributed by atoms with Crippen LogP contribution in [0.15, 0.2) is 24.3 Å². The van der Waals surface area contributed by atoms with Crippen molar-refractivity contribution >= 4 is 11.9 Å². The molecule has 1 saturated heterocycles. The van der Waals surface area contributed by atoms with E-state index in [1.165, 1.54) is 17.0 Å². The number of hydrogen-bond donors (Lipinski definition) is 2. The first-order valence-electron chi connectivity index (χ1n) is 7.89. The minimum absolute atomic E-state index is 0.276. The summed E-state index contributed by atoms with van der Waals surface area (Å²) in [5.41, 5.74) is 0.836. The maximum atomic E-state index is 12.8. The molecule has 0 unspecified atom stereocenters. The number of halogens is 4. The van der Waals surface area contributed by atoms with Gasteiger partial charge in [-0.1, -0.05) is 12.1 Å². The molecular formula is C16H19F4N3O2. The number of hydrogen-bond acceptors (Lipinski definition) is 2. The SMILES string of the molecule is O=C(NCC(F)(F)F)[C@@H]1CCCN1C(=O)NCCc1ccc(F)cc1. The highest BCUT2D eigenvalue weighted by Crippen LogP contribution is 2.18. The number of carbonyl (C=O) groups excluding carboxylic acids is 2. The minimum atomic E-state index is -4.49. The predicted molar refractivity (Wildman–Crippen MR) is 82.3 cm³/mol. The van der Waals surface area contributed by atoms with E-state index in [1.807, 2.05) is 5.32 Å². The van der Waals surface area contributed by atoms with Crippen molar-refractivity contribution in [3.8, 4) is 0 Å². The van der Waals surface area contributed by atoms with E-state index in [2.05, 4.69) is 5.32 Å². The van der Waals surface area contributed by atoms with Gasteiger partial charge in [-0.05, 0) is 37.0 Å². The van der Waals surface area contributed by atoms with Crippen molar-refractivity contribution in [3.63, 3.8) is 0 Å². The molecule has 25 heavy (non-hydrogen) atoms. The minimum Gasteiger partial charge on any atom is -0.345 e. The molecule has 138 valence electrons. The number of nitrogens with zero attached hydrogens (tertiary/aromatic N) is 1. The zero-order chi connectivity index (χ0) is 18.4. The third-order valence-electron chi connectivity index (χ3n) is 3.88. The lowest BCUT2D eigenvalue weighted by Gasteiger charge is -2.24. The summed E-state index contributed by atoms with van der Waals surface area (Å²) in [6.45, 7) is -0.827. The van der Waals surface area contributed by atoms with E-state index in [1.54, 1.807) is 12.1 Å². The fraction of sp³-hybridized carbons (Fsp3) is 0.500. The first-order valence-corrected chi connectivity index (χ1v) is 7.89. The molecule has 0 aliphatic carbocycles. The van der Waals surface area contributed by atoms with E-state index < -0.39 is 30.7 Å². The Kier molecular flexibility index (Phi) is 6.22. The van der Waals surface area contributed by atoms with E-state index in [9.17, 15) is 27.2 Å². The molecule has 2 N–H and O–H groups in total. The number of nitrogens with one attached hydrogen (secondary N) is 2. The second-order valence-electron chi connectivity index (χ2n) is 5.79. The number of carbonyl (C=O) groups is 2. The summed E-state index contributed by atoms with van der Waals surface area (Å²) >= 11 is 0. The number of amides is 3. The van der Waals surface area contributed by atoms with Gasteiger partial charge in [0.2, 0.25) is 5.91 Å². The molecule has 1 aromatic rings. The van der Waals surface area contributed by atoms with Gasteiger partial charge >= 0.3 is 12.2 Å². The molecule has 5 nitrogen and oxygen atoms in total. The highest BCUT2D eigenvalue weighted by molar-refractivity contribution is 5.87. The van der Waals surface area contributed by atoms with Crippen molar-refractivity contribution in [2.75, 3.05) is 19.6 Å². The van der Waals surface area contributed by atoms with Gasteiger partial charge in [0, 0.05) is 13.1 Å². The van der Waals surface area contributed by atoms with Crippen LogP contribution in [0.25, 0.3) is 0 Å². The third-order valence-corrected chi connectivity index (χ3v) is 3.88. The molecule has 1 aromatic carbocycles. The Balaban J connectivity index is 1.81. The smallest absolute Gasteiger partial charge is 0.345 e. The lowest BCUT2D eigenvalue weighted by Crippen LogP contribution is -2.51. The summed E-state index contributed by atoms with van der Waals surface area (Å²) in [4.78, 5) is 25.3. The van der Waals surface area contributed by atoms with Crippen molar-refractivity contribution < 1.29 is 27.2 Å². The van der Waals surface area contributed by atoms with Gasteiger partial charge < -0.3 is 15.5 Å². The summed E-state index contributed by atoms with van der Waals surface area (Å²) in [5.74, 6) is -1.15. The molecule has 1 aliphatic rings. The van der Waals surface area contributed by atoms with E-state index in [4.69, 9.17) is 0 Å². The lowest BCUT2D eigenvalue weighted by atomic mass is 10.1. The molecule has 9 heteroatoms. The zero-order valence-electron chi connectivity index (χ0n) is 13.4. The van der Waals surface area contributed by atoms with Gasteiger partial charge in [0.05, 0.1) is 0 Å². The van der Waals surface area contributed by atoms with Crippen LogP contribution >= 0.6 is 0 Å². The van der Waals surface area contributed by atoms with Crippen molar-refractivity contribution in [2.45, 2.75) is 31.5 Å². The summed E-state index contributed by atoms with van der Waals surface area (Å²) in [6, 6.07) is 4.45. The van der Waals surface area contributed by atoms with E-state index in [0.29, 0.717) is 25.8 Å². The second-order valence-corrected chi connectivity index (χ2v) is 5.79. The molecule has 0 saturated carbocycles.